The molecule has 6 heteroatoms. The van der Waals surface area contributed by atoms with Crippen molar-refractivity contribution in [1.82, 2.24) is 0 Å². The summed E-state index contributed by atoms with van der Waals surface area (Å²) in [6, 6.07) is 0. The van der Waals surface area contributed by atoms with E-state index in [1.54, 1.807) is 0 Å². The van der Waals surface area contributed by atoms with E-state index in [1.165, 1.54) is 7.11 Å². The van der Waals surface area contributed by atoms with Crippen LogP contribution in [0.5, 0.6) is 0 Å². The minimum absolute atomic E-state index is 0.140. The molecule has 180 valence electrons. The van der Waals surface area contributed by atoms with Crippen molar-refractivity contribution in [2.75, 3.05) is 13.7 Å². The maximum Gasteiger partial charge on any atom is 0.345 e. The Labute approximate surface area is 191 Å². The van der Waals surface area contributed by atoms with Gasteiger partial charge in [-0.15, -0.1) is 0 Å². The van der Waals surface area contributed by atoms with Crippen molar-refractivity contribution in [3.63, 3.8) is 0 Å². The summed E-state index contributed by atoms with van der Waals surface area (Å²) < 4.78 is 23.6. The Balaban J connectivity index is 2.75. The molecule has 31 heavy (non-hydrogen) atoms. The average Bonchev–Trinajstić information content (AvgIpc) is 2.94. The number of hydrogen-bond donors (Lipinski definition) is 0. The van der Waals surface area contributed by atoms with Gasteiger partial charge in [-0.25, -0.2) is 4.79 Å². The topological polar surface area (TPSA) is 54.0 Å². The lowest BCUT2D eigenvalue weighted by atomic mass is 9.85. The molecule has 0 aromatic carbocycles. The SMILES string of the molecule is C=C(C/C=C/[C@]1(C(=O)OC)OC(C)(C)O[C@@H]1[C@@H](C)CC)CCCO[Si](C)(C)C(C)(C)C. The third-order valence-electron chi connectivity index (χ3n) is 6.63. The van der Waals surface area contributed by atoms with Gasteiger partial charge in [-0.05, 0) is 63.2 Å². The van der Waals surface area contributed by atoms with Crippen molar-refractivity contribution in [2.24, 2.45) is 5.92 Å². The predicted octanol–water partition coefficient (Wildman–Crippen LogP) is 6.40. The largest absolute Gasteiger partial charge is 0.467 e. The van der Waals surface area contributed by atoms with Crippen LogP contribution in [-0.4, -0.2) is 45.5 Å². The summed E-state index contributed by atoms with van der Waals surface area (Å²) in [4.78, 5) is 12.8. The second kappa shape index (κ2) is 10.8. The van der Waals surface area contributed by atoms with E-state index < -0.39 is 31.8 Å². The molecule has 0 saturated carbocycles. The lowest BCUT2D eigenvalue weighted by molar-refractivity contribution is -0.179. The van der Waals surface area contributed by atoms with E-state index in [2.05, 4.69) is 54.3 Å². The number of allylic oxidation sites excluding steroid dienone is 2. The molecule has 0 aromatic rings. The molecule has 1 aliphatic heterocycles. The fraction of sp³-hybridized carbons (Fsp3) is 0.800. The van der Waals surface area contributed by atoms with E-state index in [0.29, 0.717) is 6.42 Å². The Hall–Kier alpha value is -0.953. The van der Waals surface area contributed by atoms with E-state index in [4.69, 9.17) is 18.6 Å². The number of methoxy groups -OCH3 is 1. The van der Waals surface area contributed by atoms with Crippen molar-refractivity contribution >= 4 is 14.3 Å². The zero-order chi connectivity index (χ0) is 24.1. The van der Waals surface area contributed by atoms with Crippen molar-refractivity contribution in [2.45, 2.75) is 110 Å². The number of carbonyl (C=O) groups excluding carboxylic acids is 1. The smallest absolute Gasteiger partial charge is 0.345 e. The van der Waals surface area contributed by atoms with Crippen LogP contribution in [0.4, 0.5) is 0 Å². The highest BCUT2D eigenvalue weighted by molar-refractivity contribution is 6.74. The van der Waals surface area contributed by atoms with Gasteiger partial charge in [-0.3, -0.25) is 0 Å². The fourth-order valence-electron chi connectivity index (χ4n) is 3.52. The molecule has 0 unspecified atom stereocenters. The van der Waals surface area contributed by atoms with Gasteiger partial charge in [-0.1, -0.05) is 59.3 Å². The number of ether oxygens (including phenoxy) is 3. The Morgan fingerprint density at radius 2 is 1.90 bits per heavy atom. The van der Waals surface area contributed by atoms with E-state index in [9.17, 15) is 4.79 Å². The van der Waals surface area contributed by atoms with Gasteiger partial charge in [0.15, 0.2) is 14.1 Å². The quantitative estimate of drug-likeness (QED) is 0.156. The molecular weight excluding hydrogens is 408 g/mol. The average molecular weight is 455 g/mol. The van der Waals surface area contributed by atoms with Crippen molar-refractivity contribution in [3.8, 4) is 0 Å². The van der Waals surface area contributed by atoms with Crippen LogP contribution in [0.1, 0.15) is 74.1 Å². The van der Waals surface area contributed by atoms with Gasteiger partial charge >= 0.3 is 5.97 Å². The van der Waals surface area contributed by atoms with Gasteiger partial charge < -0.3 is 18.6 Å². The summed E-state index contributed by atoms with van der Waals surface area (Å²) in [5, 5.41) is 0.220. The second-order valence-electron chi connectivity index (χ2n) is 10.8. The Bertz CT molecular complexity index is 647. The van der Waals surface area contributed by atoms with Gasteiger partial charge in [-0.2, -0.15) is 0 Å². The monoisotopic (exact) mass is 454 g/mol. The van der Waals surface area contributed by atoms with Gasteiger partial charge in [0.1, 0.15) is 6.10 Å². The second-order valence-corrected chi connectivity index (χ2v) is 15.6. The maximum atomic E-state index is 12.8. The van der Waals surface area contributed by atoms with E-state index in [0.717, 1.165) is 31.4 Å². The molecule has 0 aliphatic carbocycles. The molecular formula is C25H46O5Si. The third-order valence-corrected chi connectivity index (χ3v) is 11.2. The summed E-state index contributed by atoms with van der Waals surface area (Å²) in [6.45, 7) is 24.1. The molecule has 1 saturated heterocycles. The van der Waals surface area contributed by atoms with Crippen LogP contribution in [0, 0.1) is 5.92 Å². The zero-order valence-electron chi connectivity index (χ0n) is 21.6. The molecule has 1 fully saturated rings. The summed E-state index contributed by atoms with van der Waals surface area (Å²) >= 11 is 0. The fourth-order valence-corrected chi connectivity index (χ4v) is 4.61. The lowest BCUT2D eigenvalue weighted by Crippen LogP contribution is -2.49. The summed E-state index contributed by atoms with van der Waals surface area (Å²) in [6.07, 6.45) is 6.77. The number of rotatable bonds is 11. The Morgan fingerprint density at radius 3 is 2.42 bits per heavy atom. The van der Waals surface area contributed by atoms with Crippen LogP contribution in [0.3, 0.4) is 0 Å². The minimum atomic E-state index is -1.71. The van der Waals surface area contributed by atoms with Crippen LogP contribution in [0.2, 0.25) is 18.1 Å². The standard InChI is InChI=1S/C25H46O5Si/c1-12-20(3)21-25(22(26)27-9,30-24(7,8)29-21)17-13-15-19(2)16-14-18-28-31(10,11)23(4,5)6/h13,17,20-21H,2,12,14-16,18H2,1,3-11H3/b17-13+/t20-,21+,25-/m0/s1. The summed E-state index contributed by atoms with van der Waals surface area (Å²) in [7, 11) is -0.318. The van der Waals surface area contributed by atoms with Crippen molar-refractivity contribution in [1.29, 1.82) is 0 Å². The maximum absolute atomic E-state index is 12.8. The molecule has 1 aliphatic rings. The van der Waals surface area contributed by atoms with Gasteiger partial charge in [0, 0.05) is 6.61 Å². The highest BCUT2D eigenvalue weighted by atomic mass is 28.4. The molecule has 0 bridgehead atoms. The summed E-state index contributed by atoms with van der Waals surface area (Å²) in [5.41, 5.74) is -0.132. The van der Waals surface area contributed by atoms with Crippen LogP contribution in [0.25, 0.3) is 0 Å². The molecule has 1 heterocycles. The van der Waals surface area contributed by atoms with E-state index >= 15 is 0 Å². The molecule has 0 N–H and O–H groups in total. The first-order valence-corrected chi connectivity index (χ1v) is 14.5. The molecule has 1 rings (SSSR count). The molecule has 5 nitrogen and oxygen atoms in total. The molecule has 3 atom stereocenters. The van der Waals surface area contributed by atoms with Crippen molar-refractivity contribution < 1.29 is 23.4 Å². The van der Waals surface area contributed by atoms with Gasteiger partial charge in [0.05, 0.1) is 7.11 Å². The highest BCUT2D eigenvalue weighted by Gasteiger charge is 2.59. The van der Waals surface area contributed by atoms with Crippen LogP contribution in [-0.2, 0) is 23.4 Å². The van der Waals surface area contributed by atoms with E-state index in [1.807, 2.05) is 26.0 Å². The van der Waals surface area contributed by atoms with Crippen LogP contribution >= 0.6 is 0 Å². The number of hydrogen-bond acceptors (Lipinski definition) is 5. The van der Waals surface area contributed by atoms with Crippen LogP contribution in [0.15, 0.2) is 24.3 Å². The molecule has 0 amide bonds. The van der Waals surface area contributed by atoms with E-state index in [-0.39, 0.29) is 11.0 Å². The molecule has 0 spiro atoms. The summed E-state index contributed by atoms with van der Waals surface area (Å²) in [5.74, 6) is -1.14. The molecule has 0 aromatic heterocycles. The van der Waals surface area contributed by atoms with Crippen molar-refractivity contribution in [3.05, 3.63) is 24.3 Å². The third kappa shape index (κ3) is 7.27. The van der Waals surface area contributed by atoms with Crippen LogP contribution < -0.4 is 0 Å². The first-order chi connectivity index (χ1) is 14.1. The first kappa shape index (κ1) is 28.1. The number of esters is 1. The lowest BCUT2D eigenvalue weighted by Gasteiger charge is -2.36. The zero-order valence-corrected chi connectivity index (χ0v) is 22.6. The minimum Gasteiger partial charge on any atom is -0.467 e. The van der Waals surface area contributed by atoms with Gasteiger partial charge in [0.25, 0.3) is 0 Å². The first-order valence-electron chi connectivity index (χ1n) is 11.6. The highest BCUT2D eigenvalue weighted by Crippen LogP contribution is 2.43. The number of carbonyl (C=O) groups is 1. The Morgan fingerprint density at radius 1 is 1.29 bits per heavy atom. The molecule has 0 radical (unpaired) electrons. The van der Waals surface area contributed by atoms with Gasteiger partial charge in [0.2, 0.25) is 5.60 Å². The Kier molecular flexibility index (Phi) is 9.76. The predicted molar refractivity (Wildman–Crippen MR) is 130 cm³/mol. The normalized spacial score (nSPS) is 25.0.